The minimum Gasteiger partial charge on any atom is -0.394 e. The van der Waals surface area contributed by atoms with Crippen molar-refractivity contribution in [2.45, 2.75) is 44.6 Å². The molecule has 1 fully saturated rings. The predicted octanol–water partition coefficient (Wildman–Crippen LogP) is 0.788. The topological polar surface area (TPSA) is 93.5 Å². The van der Waals surface area contributed by atoms with Crippen LogP contribution in [0.5, 0.6) is 0 Å². The quantitative estimate of drug-likeness (QED) is 0.708. The molecule has 0 spiro atoms. The highest BCUT2D eigenvalue weighted by molar-refractivity contribution is 7.71. The first kappa shape index (κ1) is 14.4. The molecule has 7 heteroatoms. The second-order valence-electron chi connectivity index (χ2n) is 4.71. The zero-order valence-corrected chi connectivity index (χ0v) is 11.6. The van der Waals surface area contributed by atoms with Gasteiger partial charge in [-0.3, -0.25) is 4.57 Å². The monoisotopic (exact) mass is 285 g/mol. The third kappa shape index (κ3) is 2.94. The normalized spacial score (nSPS) is 26.8. The van der Waals surface area contributed by atoms with Gasteiger partial charge < -0.3 is 20.7 Å². The average Bonchev–Trinajstić information content (AvgIpc) is 2.74. The lowest BCUT2D eigenvalue weighted by molar-refractivity contribution is -0.0453. The molecule has 0 bridgehead atoms. The minimum atomic E-state index is -0.691. The lowest BCUT2D eigenvalue weighted by Crippen LogP contribution is -2.24. The van der Waals surface area contributed by atoms with Crippen LogP contribution >= 0.6 is 12.2 Å². The molecule has 1 aromatic heterocycles. The van der Waals surface area contributed by atoms with Gasteiger partial charge in [0, 0.05) is 18.2 Å². The highest BCUT2D eigenvalue weighted by Crippen LogP contribution is 2.29. The van der Waals surface area contributed by atoms with Gasteiger partial charge in [-0.05, 0) is 18.6 Å². The number of hydrogen-bond donors (Lipinski definition) is 3. The number of nitrogens with two attached hydrogens (primary N) is 1. The second-order valence-corrected chi connectivity index (χ2v) is 5.07. The van der Waals surface area contributed by atoms with Crippen molar-refractivity contribution in [1.29, 1.82) is 0 Å². The second kappa shape index (κ2) is 5.96. The van der Waals surface area contributed by atoms with Crippen LogP contribution < -0.4 is 5.73 Å². The van der Waals surface area contributed by atoms with E-state index >= 15 is 0 Å². The van der Waals surface area contributed by atoms with Crippen molar-refractivity contribution in [2.75, 3.05) is 12.3 Å². The van der Waals surface area contributed by atoms with Crippen molar-refractivity contribution in [1.82, 2.24) is 9.55 Å². The fourth-order valence-electron chi connectivity index (χ4n) is 2.24. The van der Waals surface area contributed by atoms with E-state index in [1.165, 1.54) is 0 Å². The van der Waals surface area contributed by atoms with E-state index in [-0.39, 0.29) is 6.61 Å². The van der Waals surface area contributed by atoms with Gasteiger partial charge >= 0.3 is 0 Å². The van der Waals surface area contributed by atoms with Crippen LogP contribution in [0.2, 0.25) is 0 Å². The molecule has 4 N–H and O–H groups in total. The summed E-state index contributed by atoms with van der Waals surface area (Å²) >= 11 is 5.18. The smallest absolute Gasteiger partial charge is 0.203 e. The maximum Gasteiger partial charge on any atom is 0.203 e. The molecule has 2 heterocycles. The standard InChI is InChI=1S/C12H19N3O3S/c1-2-3-7-5-15(12(19)14-11(7)13)10-4-8(17)9(6-16)18-10/h5,8-10,16-17H,2-4,6H2,1H3,(H2,13,14,19)/t8-,9+,10+/m0/s1. The van der Waals surface area contributed by atoms with Crippen LogP contribution in [0.25, 0.3) is 0 Å². The summed E-state index contributed by atoms with van der Waals surface area (Å²) in [4.78, 5) is 4.14. The van der Waals surface area contributed by atoms with Crippen molar-refractivity contribution in [3.05, 3.63) is 16.5 Å². The first-order valence-corrected chi connectivity index (χ1v) is 6.79. The van der Waals surface area contributed by atoms with Crippen molar-refractivity contribution >= 4 is 18.0 Å². The SMILES string of the molecule is CCCc1cn([C@H]2C[C@H](O)[C@@H](CO)O2)c(=S)nc1N. The highest BCUT2D eigenvalue weighted by atomic mass is 32.1. The van der Waals surface area contributed by atoms with E-state index in [4.69, 9.17) is 27.8 Å². The summed E-state index contributed by atoms with van der Waals surface area (Å²) < 4.78 is 7.61. The summed E-state index contributed by atoms with van der Waals surface area (Å²) in [6.07, 6.45) is 2.33. The van der Waals surface area contributed by atoms with Gasteiger partial charge in [-0.1, -0.05) is 13.3 Å². The molecule has 2 rings (SSSR count). The summed E-state index contributed by atoms with van der Waals surface area (Å²) in [5.74, 6) is 0.445. The number of nitrogens with zero attached hydrogens (tertiary/aromatic N) is 2. The minimum absolute atomic E-state index is 0.213. The number of hydrogen-bond acceptors (Lipinski definition) is 6. The molecule has 1 aromatic rings. The Labute approximate surface area is 116 Å². The van der Waals surface area contributed by atoms with E-state index in [9.17, 15) is 5.11 Å². The Morgan fingerprint density at radius 1 is 1.63 bits per heavy atom. The van der Waals surface area contributed by atoms with Gasteiger partial charge in [0.1, 0.15) is 18.1 Å². The van der Waals surface area contributed by atoms with Crippen molar-refractivity contribution in [2.24, 2.45) is 0 Å². The molecule has 1 saturated heterocycles. The molecule has 1 aliphatic rings. The highest BCUT2D eigenvalue weighted by Gasteiger charge is 2.34. The number of rotatable bonds is 4. The Balaban J connectivity index is 2.30. The van der Waals surface area contributed by atoms with Gasteiger partial charge in [-0.2, -0.15) is 0 Å². The summed E-state index contributed by atoms with van der Waals surface area (Å²) in [5, 5.41) is 18.9. The van der Waals surface area contributed by atoms with Gasteiger partial charge in [0.2, 0.25) is 4.77 Å². The molecule has 0 unspecified atom stereocenters. The summed E-state index contributed by atoms with van der Waals surface area (Å²) in [6.45, 7) is 1.85. The summed E-state index contributed by atoms with van der Waals surface area (Å²) in [7, 11) is 0. The van der Waals surface area contributed by atoms with Crippen LogP contribution in [-0.2, 0) is 11.2 Å². The van der Waals surface area contributed by atoms with Crippen molar-refractivity contribution < 1.29 is 14.9 Å². The zero-order valence-electron chi connectivity index (χ0n) is 10.8. The van der Waals surface area contributed by atoms with Gasteiger partial charge in [0.25, 0.3) is 0 Å². The van der Waals surface area contributed by atoms with Gasteiger partial charge in [0.05, 0.1) is 12.7 Å². The van der Waals surface area contributed by atoms with E-state index in [2.05, 4.69) is 11.9 Å². The molecule has 1 aliphatic heterocycles. The maximum absolute atomic E-state index is 9.76. The van der Waals surface area contributed by atoms with E-state index < -0.39 is 18.4 Å². The molecular weight excluding hydrogens is 266 g/mol. The third-order valence-corrected chi connectivity index (χ3v) is 3.58. The molecule has 0 amide bonds. The van der Waals surface area contributed by atoms with E-state index in [1.807, 2.05) is 6.20 Å². The third-order valence-electron chi connectivity index (χ3n) is 3.27. The Hall–Kier alpha value is -1.02. The summed E-state index contributed by atoms with van der Waals surface area (Å²) in [5.41, 5.74) is 6.75. The lowest BCUT2D eigenvalue weighted by Gasteiger charge is -2.17. The fourth-order valence-corrected chi connectivity index (χ4v) is 2.51. The molecule has 0 radical (unpaired) electrons. The van der Waals surface area contributed by atoms with E-state index in [1.54, 1.807) is 4.57 Å². The largest absolute Gasteiger partial charge is 0.394 e. The summed E-state index contributed by atoms with van der Waals surface area (Å²) in [6, 6.07) is 0. The fraction of sp³-hybridized carbons (Fsp3) is 0.667. The maximum atomic E-state index is 9.76. The van der Waals surface area contributed by atoms with Crippen molar-refractivity contribution in [3.8, 4) is 0 Å². The number of aryl methyl sites for hydroxylation is 1. The Morgan fingerprint density at radius 3 is 2.95 bits per heavy atom. The van der Waals surface area contributed by atoms with Crippen LogP contribution in [0.4, 0.5) is 5.82 Å². The van der Waals surface area contributed by atoms with Gasteiger partial charge in [-0.25, -0.2) is 4.98 Å². The number of anilines is 1. The molecule has 3 atom stereocenters. The zero-order chi connectivity index (χ0) is 14.0. The van der Waals surface area contributed by atoms with Crippen LogP contribution in [0.15, 0.2) is 6.20 Å². The molecule has 0 saturated carbocycles. The average molecular weight is 285 g/mol. The van der Waals surface area contributed by atoms with Crippen molar-refractivity contribution in [3.63, 3.8) is 0 Å². The first-order valence-electron chi connectivity index (χ1n) is 6.38. The Bertz CT molecular complexity index is 505. The van der Waals surface area contributed by atoms with Gasteiger partial charge in [0.15, 0.2) is 0 Å². The van der Waals surface area contributed by atoms with Crippen LogP contribution in [-0.4, -0.2) is 38.6 Å². The van der Waals surface area contributed by atoms with Crippen LogP contribution in [0.3, 0.4) is 0 Å². The molecule has 0 aromatic carbocycles. The van der Waals surface area contributed by atoms with E-state index in [0.29, 0.717) is 17.0 Å². The van der Waals surface area contributed by atoms with Crippen LogP contribution in [0.1, 0.15) is 31.6 Å². The molecule has 106 valence electrons. The Morgan fingerprint density at radius 2 is 2.37 bits per heavy atom. The number of aromatic nitrogens is 2. The van der Waals surface area contributed by atoms with E-state index in [0.717, 1.165) is 18.4 Å². The first-order chi connectivity index (χ1) is 9.06. The number of nitrogen functional groups attached to an aromatic ring is 1. The Kier molecular flexibility index (Phi) is 4.51. The number of ether oxygens (including phenoxy) is 1. The number of aliphatic hydroxyl groups excluding tert-OH is 2. The molecule has 6 nitrogen and oxygen atoms in total. The molecular formula is C12H19N3O3S. The lowest BCUT2D eigenvalue weighted by atomic mass is 10.1. The molecule has 19 heavy (non-hydrogen) atoms. The molecule has 0 aliphatic carbocycles. The van der Waals surface area contributed by atoms with Gasteiger partial charge in [-0.15, -0.1) is 0 Å². The predicted molar refractivity (Wildman–Crippen MR) is 73.1 cm³/mol. The number of aliphatic hydroxyl groups is 2. The van der Waals surface area contributed by atoms with Crippen LogP contribution in [0, 0.1) is 4.77 Å².